The minimum Gasteiger partial charge on any atom is -0.487 e. The highest BCUT2D eigenvalue weighted by Gasteiger charge is 2.07. The number of hydrogen-bond acceptors (Lipinski definition) is 3. The third kappa shape index (κ3) is 3.35. The Kier molecular flexibility index (Phi) is 4.37. The molecule has 0 aliphatic rings. The molecule has 0 aliphatic carbocycles. The van der Waals surface area contributed by atoms with E-state index in [0.717, 1.165) is 5.56 Å². The number of carboxylic acid groups (broad SMARTS) is 1. The summed E-state index contributed by atoms with van der Waals surface area (Å²) in [7, 11) is 0. The molecule has 0 unspecified atom stereocenters. The maximum atomic E-state index is 10.8. The fourth-order valence-electron chi connectivity index (χ4n) is 1.60. The first-order chi connectivity index (χ1) is 9.47. The zero-order valence-corrected chi connectivity index (χ0v) is 11.8. The van der Waals surface area contributed by atoms with Gasteiger partial charge in [-0.2, -0.15) is 0 Å². The largest absolute Gasteiger partial charge is 0.487 e. The van der Waals surface area contributed by atoms with Crippen LogP contribution in [0.15, 0.2) is 36.4 Å². The number of nitrogens with two attached hydrogens (primary N) is 1. The summed E-state index contributed by atoms with van der Waals surface area (Å²) < 4.78 is 5.53. The molecule has 0 amide bonds. The summed E-state index contributed by atoms with van der Waals surface area (Å²) in [5, 5.41) is 9.76. The van der Waals surface area contributed by atoms with Gasteiger partial charge in [-0.15, -0.1) is 0 Å². The molecule has 20 heavy (non-hydrogen) atoms. The molecule has 2 aromatic rings. The summed E-state index contributed by atoms with van der Waals surface area (Å²) in [5.41, 5.74) is 6.96. The van der Waals surface area contributed by atoms with E-state index < -0.39 is 5.97 Å². The molecule has 0 saturated carbocycles. The highest BCUT2D eigenvalue weighted by molar-refractivity contribution is 6.42. The molecule has 2 aromatic carbocycles. The Bertz CT molecular complexity index is 659. The van der Waals surface area contributed by atoms with E-state index in [0.29, 0.717) is 15.8 Å². The van der Waals surface area contributed by atoms with Crippen molar-refractivity contribution in [1.29, 1.82) is 0 Å². The van der Waals surface area contributed by atoms with Crippen LogP contribution in [-0.4, -0.2) is 11.1 Å². The van der Waals surface area contributed by atoms with Gasteiger partial charge in [0.1, 0.15) is 12.4 Å². The van der Waals surface area contributed by atoms with Crippen LogP contribution >= 0.6 is 23.2 Å². The van der Waals surface area contributed by atoms with Crippen LogP contribution in [-0.2, 0) is 6.61 Å². The Hall–Kier alpha value is -1.91. The molecule has 0 fully saturated rings. The van der Waals surface area contributed by atoms with Crippen LogP contribution < -0.4 is 10.5 Å². The lowest BCUT2D eigenvalue weighted by molar-refractivity contribution is 0.0697. The highest BCUT2D eigenvalue weighted by atomic mass is 35.5. The molecule has 6 heteroatoms. The first kappa shape index (κ1) is 14.5. The summed E-state index contributed by atoms with van der Waals surface area (Å²) in [6.45, 7) is 0.257. The highest BCUT2D eigenvalue weighted by Crippen LogP contribution is 2.26. The van der Waals surface area contributed by atoms with Crippen LogP contribution in [0.1, 0.15) is 15.9 Å². The molecule has 0 aromatic heterocycles. The van der Waals surface area contributed by atoms with E-state index >= 15 is 0 Å². The number of rotatable bonds is 4. The monoisotopic (exact) mass is 311 g/mol. The maximum absolute atomic E-state index is 10.8. The van der Waals surface area contributed by atoms with Crippen molar-refractivity contribution in [3.05, 3.63) is 57.6 Å². The maximum Gasteiger partial charge on any atom is 0.335 e. The third-order valence-electron chi connectivity index (χ3n) is 2.64. The zero-order chi connectivity index (χ0) is 14.7. The van der Waals surface area contributed by atoms with Crippen LogP contribution in [0.3, 0.4) is 0 Å². The number of nitrogen functional groups attached to an aromatic ring is 1. The summed E-state index contributed by atoms with van der Waals surface area (Å²) >= 11 is 11.7. The Morgan fingerprint density at radius 3 is 2.50 bits per heavy atom. The van der Waals surface area contributed by atoms with Crippen LogP contribution in [0.2, 0.25) is 10.0 Å². The van der Waals surface area contributed by atoms with Crippen LogP contribution in [0, 0.1) is 0 Å². The number of ether oxygens (including phenoxy) is 1. The van der Waals surface area contributed by atoms with Crippen LogP contribution in [0.25, 0.3) is 0 Å². The lowest BCUT2D eigenvalue weighted by Gasteiger charge is -2.10. The second kappa shape index (κ2) is 6.03. The minimum atomic E-state index is -1.03. The summed E-state index contributed by atoms with van der Waals surface area (Å²) in [5.74, 6) is -0.617. The zero-order valence-electron chi connectivity index (χ0n) is 10.3. The number of carbonyl (C=O) groups is 1. The first-order valence-electron chi connectivity index (χ1n) is 5.67. The standard InChI is InChI=1S/C14H11Cl2NO3/c15-10-3-1-8(5-11(10)16)7-20-13-4-2-9(14(18)19)6-12(13)17/h1-6H,7,17H2,(H,18,19). The molecular weight excluding hydrogens is 301 g/mol. The van der Waals surface area contributed by atoms with Gasteiger partial charge in [0.25, 0.3) is 0 Å². The van der Waals surface area contributed by atoms with E-state index in [1.165, 1.54) is 18.2 Å². The van der Waals surface area contributed by atoms with E-state index in [4.69, 9.17) is 38.8 Å². The minimum absolute atomic E-state index is 0.115. The SMILES string of the molecule is Nc1cc(C(=O)O)ccc1OCc1ccc(Cl)c(Cl)c1. The van der Waals surface area contributed by atoms with Crippen LogP contribution in [0.4, 0.5) is 5.69 Å². The van der Waals surface area contributed by atoms with Gasteiger partial charge in [-0.25, -0.2) is 4.79 Å². The van der Waals surface area contributed by atoms with Crippen molar-refractivity contribution >= 4 is 34.9 Å². The van der Waals surface area contributed by atoms with Gasteiger partial charge in [0.2, 0.25) is 0 Å². The summed E-state index contributed by atoms with van der Waals surface area (Å²) in [4.78, 5) is 10.8. The van der Waals surface area contributed by atoms with Crippen molar-refractivity contribution in [2.24, 2.45) is 0 Å². The van der Waals surface area contributed by atoms with Gasteiger partial charge in [-0.1, -0.05) is 29.3 Å². The normalized spacial score (nSPS) is 10.3. The van der Waals surface area contributed by atoms with Crippen molar-refractivity contribution in [3.63, 3.8) is 0 Å². The molecule has 2 rings (SSSR count). The van der Waals surface area contributed by atoms with Gasteiger partial charge in [0.15, 0.2) is 0 Å². The van der Waals surface area contributed by atoms with Gasteiger partial charge in [0, 0.05) is 0 Å². The molecule has 0 radical (unpaired) electrons. The van der Waals surface area contributed by atoms with Gasteiger partial charge in [-0.3, -0.25) is 0 Å². The molecular formula is C14H11Cl2NO3. The molecule has 0 bridgehead atoms. The Balaban J connectivity index is 2.10. The van der Waals surface area contributed by atoms with Crippen molar-refractivity contribution in [2.45, 2.75) is 6.61 Å². The van der Waals surface area contributed by atoms with E-state index in [2.05, 4.69) is 0 Å². The molecule has 0 saturated heterocycles. The fraction of sp³-hybridized carbons (Fsp3) is 0.0714. The quantitative estimate of drug-likeness (QED) is 0.841. The fourth-order valence-corrected chi connectivity index (χ4v) is 1.92. The molecule has 0 heterocycles. The number of anilines is 1. The average Bonchev–Trinajstić information content (AvgIpc) is 2.41. The van der Waals surface area contributed by atoms with E-state index in [-0.39, 0.29) is 17.9 Å². The predicted octanol–water partition coefficient (Wildman–Crippen LogP) is 3.85. The number of benzene rings is 2. The molecule has 0 aliphatic heterocycles. The molecule has 104 valence electrons. The van der Waals surface area contributed by atoms with Crippen molar-refractivity contribution in [2.75, 3.05) is 5.73 Å². The Labute approximate surface area is 125 Å². The topological polar surface area (TPSA) is 72.6 Å². The van der Waals surface area contributed by atoms with Crippen molar-refractivity contribution in [1.82, 2.24) is 0 Å². The Morgan fingerprint density at radius 2 is 1.90 bits per heavy atom. The third-order valence-corrected chi connectivity index (χ3v) is 3.37. The first-order valence-corrected chi connectivity index (χ1v) is 6.42. The van der Waals surface area contributed by atoms with Gasteiger partial charge in [0.05, 0.1) is 21.3 Å². The lowest BCUT2D eigenvalue weighted by Crippen LogP contribution is -2.02. The number of aromatic carboxylic acids is 1. The number of halogens is 2. The van der Waals surface area contributed by atoms with Crippen molar-refractivity contribution < 1.29 is 14.6 Å². The number of carboxylic acids is 1. The smallest absolute Gasteiger partial charge is 0.335 e. The average molecular weight is 312 g/mol. The van der Waals surface area contributed by atoms with E-state index in [1.807, 2.05) is 0 Å². The number of hydrogen-bond donors (Lipinski definition) is 2. The van der Waals surface area contributed by atoms with E-state index in [1.54, 1.807) is 18.2 Å². The van der Waals surface area contributed by atoms with Gasteiger partial charge in [-0.05, 0) is 35.9 Å². The molecule has 0 atom stereocenters. The van der Waals surface area contributed by atoms with Crippen LogP contribution in [0.5, 0.6) is 5.75 Å². The van der Waals surface area contributed by atoms with E-state index in [9.17, 15) is 4.79 Å². The lowest BCUT2D eigenvalue weighted by atomic mass is 10.2. The summed E-state index contributed by atoms with van der Waals surface area (Å²) in [6.07, 6.45) is 0. The van der Waals surface area contributed by atoms with Gasteiger partial charge < -0.3 is 15.6 Å². The Morgan fingerprint density at radius 1 is 1.15 bits per heavy atom. The second-order valence-electron chi connectivity index (χ2n) is 4.09. The summed E-state index contributed by atoms with van der Waals surface area (Å²) in [6, 6.07) is 9.48. The van der Waals surface area contributed by atoms with Crippen molar-refractivity contribution in [3.8, 4) is 5.75 Å². The second-order valence-corrected chi connectivity index (χ2v) is 4.91. The van der Waals surface area contributed by atoms with Gasteiger partial charge >= 0.3 is 5.97 Å². The predicted molar refractivity (Wildman–Crippen MR) is 78.6 cm³/mol. The molecule has 3 N–H and O–H groups in total. The molecule has 0 spiro atoms. The molecule has 4 nitrogen and oxygen atoms in total.